The van der Waals surface area contributed by atoms with Crippen molar-refractivity contribution in [2.75, 3.05) is 13.6 Å². The lowest BCUT2D eigenvalue weighted by Gasteiger charge is -2.16. The Morgan fingerprint density at radius 3 is 2.69 bits per heavy atom. The van der Waals surface area contributed by atoms with Gasteiger partial charge in [0.05, 0.1) is 0 Å². The molecule has 16 heavy (non-hydrogen) atoms. The summed E-state index contributed by atoms with van der Waals surface area (Å²) in [6.07, 6.45) is 1.12. The Morgan fingerprint density at radius 1 is 1.50 bits per heavy atom. The molecule has 3 N–H and O–H groups in total. The van der Waals surface area contributed by atoms with Gasteiger partial charge in [-0.25, -0.2) is 0 Å². The number of rotatable bonds is 5. The minimum atomic E-state index is 0.0513. The molecule has 0 aliphatic heterocycles. The minimum absolute atomic E-state index is 0.0513. The SMILES string of the molecule is CCCN(C)Cc1ccc(C(=N)N)cc1Cl. The maximum Gasteiger partial charge on any atom is 0.122 e. The highest BCUT2D eigenvalue weighted by Crippen LogP contribution is 2.19. The molecular formula is C12H18ClN3. The van der Waals surface area contributed by atoms with E-state index in [0.717, 1.165) is 25.1 Å². The third-order valence-electron chi connectivity index (χ3n) is 2.41. The zero-order chi connectivity index (χ0) is 12.1. The predicted molar refractivity (Wildman–Crippen MR) is 69.1 cm³/mol. The minimum Gasteiger partial charge on any atom is -0.384 e. The standard InChI is InChI=1S/C12H18ClN3/c1-3-6-16(2)8-10-5-4-9(12(14)15)7-11(10)13/h4-5,7H,3,6,8H2,1-2H3,(H3,14,15). The number of nitrogens with two attached hydrogens (primary N) is 1. The van der Waals surface area contributed by atoms with Crippen LogP contribution in [0.5, 0.6) is 0 Å². The number of amidine groups is 1. The number of nitrogens with zero attached hydrogens (tertiary/aromatic N) is 1. The number of hydrogen-bond donors (Lipinski definition) is 2. The van der Waals surface area contributed by atoms with Gasteiger partial charge in [-0.1, -0.05) is 30.7 Å². The molecule has 0 heterocycles. The van der Waals surface area contributed by atoms with Gasteiger partial charge in [0.2, 0.25) is 0 Å². The van der Waals surface area contributed by atoms with Crippen LogP contribution < -0.4 is 5.73 Å². The Hall–Kier alpha value is -1.06. The average Bonchev–Trinajstić information content (AvgIpc) is 2.21. The van der Waals surface area contributed by atoms with E-state index in [1.807, 2.05) is 12.1 Å². The van der Waals surface area contributed by atoms with Crippen molar-refractivity contribution in [1.29, 1.82) is 5.41 Å². The molecule has 0 aliphatic carbocycles. The van der Waals surface area contributed by atoms with Crippen molar-refractivity contribution in [3.8, 4) is 0 Å². The van der Waals surface area contributed by atoms with Crippen LogP contribution in [-0.4, -0.2) is 24.3 Å². The number of hydrogen-bond acceptors (Lipinski definition) is 2. The molecular weight excluding hydrogens is 222 g/mol. The van der Waals surface area contributed by atoms with E-state index in [4.69, 9.17) is 22.7 Å². The summed E-state index contributed by atoms with van der Waals surface area (Å²) in [7, 11) is 2.07. The molecule has 1 aromatic carbocycles. The second-order valence-electron chi connectivity index (χ2n) is 3.96. The van der Waals surface area contributed by atoms with E-state index in [1.54, 1.807) is 6.07 Å². The maximum atomic E-state index is 7.32. The van der Waals surface area contributed by atoms with Gasteiger partial charge in [0.15, 0.2) is 0 Å². The summed E-state index contributed by atoms with van der Waals surface area (Å²) in [5, 5.41) is 8.00. The van der Waals surface area contributed by atoms with E-state index in [-0.39, 0.29) is 5.84 Å². The fourth-order valence-corrected chi connectivity index (χ4v) is 1.83. The van der Waals surface area contributed by atoms with Gasteiger partial charge in [0, 0.05) is 17.1 Å². The normalized spacial score (nSPS) is 10.8. The van der Waals surface area contributed by atoms with Crippen molar-refractivity contribution in [1.82, 2.24) is 4.90 Å². The molecule has 0 spiro atoms. The molecule has 0 saturated heterocycles. The fourth-order valence-electron chi connectivity index (χ4n) is 1.59. The second kappa shape index (κ2) is 5.87. The molecule has 0 amide bonds. The van der Waals surface area contributed by atoms with Crippen LogP contribution in [0, 0.1) is 5.41 Å². The van der Waals surface area contributed by atoms with Crippen LogP contribution in [0.15, 0.2) is 18.2 Å². The van der Waals surface area contributed by atoms with Gasteiger partial charge in [-0.3, -0.25) is 5.41 Å². The van der Waals surface area contributed by atoms with Crippen LogP contribution >= 0.6 is 11.6 Å². The van der Waals surface area contributed by atoms with Gasteiger partial charge in [0.25, 0.3) is 0 Å². The summed E-state index contributed by atoms with van der Waals surface area (Å²) in [5.41, 5.74) is 7.14. The molecule has 1 rings (SSSR count). The van der Waals surface area contributed by atoms with Crippen LogP contribution in [0.1, 0.15) is 24.5 Å². The molecule has 3 nitrogen and oxygen atoms in total. The van der Waals surface area contributed by atoms with Crippen molar-refractivity contribution in [2.24, 2.45) is 5.73 Å². The van der Waals surface area contributed by atoms with E-state index in [1.165, 1.54) is 0 Å². The smallest absolute Gasteiger partial charge is 0.122 e. The molecule has 1 aromatic rings. The van der Waals surface area contributed by atoms with E-state index in [2.05, 4.69) is 18.9 Å². The monoisotopic (exact) mass is 239 g/mol. The van der Waals surface area contributed by atoms with Gasteiger partial charge in [-0.2, -0.15) is 0 Å². The third kappa shape index (κ3) is 3.51. The lowest BCUT2D eigenvalue weighted by molar-refractivity contribution is 0.327. The molecule has 0 saturated carbocycles. The van der Waals surface area contributed by atoms with E-state index >= 15 is 0 Å². The lowest BCUT2D eigenvalue weighted by Crippen LogP contribution is -2.19. The van der Waals surface area contributed by atoms with Crippen molar-refractivity contribution in [3.05, 3.63) is 34.3 Å². The summed E-state index contributed by atoms with van der Waals surface area (Å²) < 4.78 is 0. The Morgan fingerprint density at radius 2 is 2.19 bits per heavy atom. The molecule has 4 heteroatoms. The van der Waals surface area contributed by atoms with E-state index < -0.39 is 0 Å². The highest BCUT2D eigenvalue weighted by atomic mass is 35.5. The first-order valence-corrected chi connectivity index (χ1v) is 5.73. The second-order valence-corrected chi connectivity index (χ2v) is 4.36. The molecule has 0 bridgehead atoms. The topological polar surface area (TPSA) is 53.1 Å². The highest BCUT2D eigenvalue weighted by Gasteiger charge is 2.06. The van der Waals surface area contributed by atoms with Gasteiger partial charge in [-0.05, 0) is 31.6 Å². The van der Waals surface area contributed by atoms with E-state index in [9.17, 15) is 0 Å². The van der Waals surface area contributed by atoms with Crippen LogP contribution in [0.2, 0.25) is 5.02 Å². The summed E-state index contributed by atoms with van der Waals surface area (Å²) >= 11 is 6.14. The Kier molecular flexibility index (Phi) is 4.77. The molecule has 0 unspecified atom stereocenters. The largest absolute Gasteiger partial charge is 0.384 e. The van der Waals surface area contributed by atoms with Crippen molar-refractivity contribution < 1.29 is 0 Å². The van der Waals surface area contributed by atoms with Crippen LogP contribution in [0.4, 0.5) is 0 Å². The van der Waals surface area contributed by atoms with Crippen LogP contribution in [0.3, 0.4) is 0 Å². The van der Waals surface area contributed by atoms with Gasteiger partial charge in [0.1, 0.15) is 5.84 Å². The van der Waals surface area contributed by atoms with Crippen molar-refractivity contribution >= 4 is 17.4 Å². The molecule has 0 aromatic heterocycles. The van der Waals surface area contributed by atoms with Crippen molar-refractivity contribution in [2.45, 2.75) is 19.9 Å². The zero-order valence-corrected chi connectivity index (χ0v) is 10.5. The number of benzene rings is 1. The Labute approximate surface area is 102 Å². The third-order valence-corrected chi connectivity index (χ3v) is 2.76. The number of halogens is 1. The summed E-state index contributed by atoms with van der Waals surface area (Å²) in [6, 6.07) is 5.52. The first-order valence-electron chi connectivity index (χ1n) is 5.36. The quantitative estimate of drug-likeness (QED) is 0.613. The van der Waals surface area contributed by atoms with Gasteiger partial charge in [-0.15, -0.1) is 0 Å². The summed E-state index contributed by atoms with van der Waals surface area (Å²) in [4.78, 5) is 2.22. The van der Waals surface area contributed by atoms with Gasteiger partial charge >= 0.3 is 0 Å². The van der Waals surface area contributed by atoms with Crippen molar-refractivity contribution in [3.63, 3.8) is 0 Å². The summed E-state index contributed by atoms with van der Waals surface area (Å²) in [5.74, 6) is 0.0513. The zero-order valence-electron chi connectivity index (χ0n) is 9.76. The molecule has 88 valence electrons. The van der Waals surface area contributed by atoms with Crippen LogP contribution in [0.25, 0.3) is 0 Å². The Balaban J connectivity index is 2.79. The summed E-state index contributed by atoms with van der Waals surface area (Å²) in [6.45, 7) is 4.02. The average molecular weight is 240 g/mol. The number of nitrogen functional groups attached to an aromatic ring is 1. The first kappa shape index (κ1) is 13.0. The molecule has 0 atom stereocenters. The van der Waals surface area contributed by atoms with Crippen LogP contribution in [-0.2, 0) is 6.54 Å². The Bertz CT molecular complexity index is 377. The molecule has 0 fully saturated rings. The van der Waals surface area contributed by atoms with E-state index in [0.29, 0.717) is 10.6 Å². The predicted octanol–water partition coefficient (Wildman–Crippen LogP) is 2.47. The number of nitrogens with one attached hydrogen (secondary N) is 1. The lowest BCUT2D eigenvalue weighted by atomic mass is 10.1. The molecule has 0 radical (unpaired) electrons. The molecule has 0 aliphatic rings. The first-order chi connectivity index (χ1) is 7.54. The maximum absolute atomic E-state index is 7.32. The highest BCUT2D eigenvalue weighted by molar-refractivity contribution is 6.31. The van der Waals surface area contributed by atoms with Gasteiger partial charge < -0.3 is 10.6 Å². The fraction of sp³-hybridized carbons (Fsp3) is 0.417.